The zero-order valence-electron chi connectivity index (χ0n) is 11.7. The highest BCUT2D eigenvalue weighted by molar-refractivity contribution is 8.13. The fourth-order valence-electron chi connectivity index (χ4n) is 1.81. The van der Waals surface area contributed by atoms with Crippen LogP contribution in [0.2, 0.25) is 0 Å². The molecule has 0 N–H and O–H groups in total. The highest BCUT2D eigenvalue weighted by Crippen LogP contribution is 2.33. The maximum absolute atomic E-state index is 12.9. The van der Waals surface area contributed by atoms with Gasteiger partial charge in [0, 0.05) is 24.8 Å². The first-order chi connectivity index (χ1) is 9.60. The number of nitrogens with zero attached hydrogens (tertiary/aromatic N) is 3. The van der Waals surface area contributed by atoms with Gasteiger partial charge in [-0.05, 0) is 13.8 Å². The summed E-state index contributed by atoms with van der Waals surface area (Å²) in [6, 6.07) is 0. The zero-order chi connectivity index (χ0) is 15.8. The fourth-order valence-corrected chi connectivity index (χ4v) is 2.93. The number of halogens is 3. The first-order valence-corrected chi connectivity index (χ1v) is 7.09. The van der Waals surface area contributed by atoms with Gasteiger partial charge in [-0.1, -0.05) is 5.16 Å². The topological polar surface area (TPSA) is 56.5 Å². The van der Waals surface area contributed by atoms with Crippen molar-refractivity contribution in [2.24, 2.45) is 12.2 Å². The average Bonchev–Trinajstić information content (AvgIpc) is 2.69. The third-order valence-electron chi connectivity index (χ3n) is 2.90. The molecule has 0 bridgehead atoms. The smallest absolute Gasteiger partial charge is 0.389 e. The molecule has 0 unspecified atom stereocenters. The van der Waals surface area contributed by atoms with Crippen LogP contribution < -0.4 is 5.56 Å². The summed E-state index contributed by atoms with van der Waals surface area (Å²) in [5.41, 5.74) is -2.54. The molecule has 0 fully saturated rings. The second kappa shape index (κ2) is 5.36. The second-order valence-electron chi connectivity index (χ2n) is 5.26. The van der Waals surface area contributed by atoms with Gasteiger partial charge < -0.3 is 4.84 Å². The van der Waals surface area contributed by atoms with E-state index in [0.29, 0.717) is 17.7 Å². The van der Waals surface area contributed by atoms with Crippen LogP contribution in [0.5, 0.6) is 0 Å². The summed E-state index contributed by atoms with van der Waals surface area (Å²) >= 11 is 1.08. The van der Waals surface area contributed by atoms with Gasteiger partial charge in [-0.3, -0.25) is 4.79 Å². The molecule has 0 saturated heterocycles. The number of rotatable bonds is 2. The Morgan fingerprint density at radius 1 is 1.48 bits per heavy atom. The third kappa shape index (κ3) is 3.58. The quantitative estimate of drug-likeness (QED) is 0.840. The maximum atomic E-state index is 12.9. The molecule has 9 heteroatoms. The SMILES string of the molecule is Cn1ncc(C(F)(F)F)c(CSC2=NOC(C)(C)C2)c1=O. The number of hydrogen-bond acceptors (Lipinski definition) is 5. The molecule has 1 aromatic rings. The molecule has 0 spiro atoms. The molecular weight excluding hydrogens is 307 g/mol. The van der Waals surface area contributed by atoms with E-state index in [4.69, 9.17) is 4.84 Å². The first-order valence-electron chi connectivity index (χ1n) is 6.10. The molecule has 1 aliphatic rings. The molecule has 1 aromatic heterocycles. The van der Waals surface area contributed by atoms with Crippen molar-refractivity contribution in [3.63, 3.8) is 0 Å². The van der Waals surface area contributed by atoms with E-state index in [-0.39, 0.29) is 11.3 Å². The second-order valence-corrected chi connectivity index (χ2v) is 6.31. The van der Waals surface area contributed by atoms with Crippen LogP contribution in [0.15, 0.2) is 16.1 Å². The van der Waals surface area contributed by atoms with E-state index in [1.165, 1.54) is 7.05 Å². The Morgan fingerprint density at radius 2 is 2.14 bits per heavy atom. The summed E-state index contributed by atoms with van der Waals surface area (Å²) in [7, 11) is 1.32. The summed E-state index contributed by atoms with van der Waals surface area (Å²) in [6.07, 6.45) is -3.43. The molecule has 2 rings (SSSR count). The Labute approximate surface area is 123 Å². The molecule has 1 aliphatic heterocycles. The average molecular weight is 321 g/mol. The number of hydrogen-bond donors (Lipinski definition) is 0. The van der Waals surface area contributed by atoms with Crippen LogP contribution >= 0.6 is 11.8 Å². The molecule has 0 amide bonds. The highest BCUT2D eigenvalue weighted by atomic mass is 32.2. The van der Waals surface area contributed by atoms with Gasteiger partial charge in [0.05, 0.1) is 11.8 Å². The number of thioether (sulfide) groups is 1. The minimum atomic E-state index is -4.61. The van der Waals surface area contributed by atoms with E-state index in [1.807, 2.05) is 13.8 Å². The molecule has 116 valence electrons. The molecular formula is C12H14F3N3O2S. The number of aromatic nitrogens is 2. The minimum Gasteiger partial charge on any atom is -0.389 e. The van der Waals surface area contributed by atoms with E-state index in [1.54, 1.807) is 0 Å². The van der Waals surface area contributed by atoms with Gasteiger partial charge in [-0.25, -0.2) is 4.68 Å². The van der Waals surface area contributed by atoms with Gasteiger partial charge in [0.25, 0.3) is 5.56 Å². The van der Waals surface area contributed by atoms with Crippen molar-refractivity contribution < 1.29 is 18.0 Å². The van der Waals surface area contributed by atoms with Crippen LogP contribution in [0.25, 0.3) is 0 Å². The largest absolute Gasteiger partial charge is 0.418 e. The Balaban J connectivity index is 2.24. The Morgan fingerprint density at radius 3 is 2.67 bits per heavy atom. The summed E-state index contributed by atoms with van der Waals surface area (Å²) in [6.45, 7) is 3.66. The number of oxime groups is 1. The van der Waals surface area contributed by atoms with Crippen molar-refractivity contribution in [2.45, 2.75) is 37.8 Å². The number of alkyl halides is 3. The lowest BCUT2D eigenvalue weighted by Gasteiger charge is -2.13. The van der Waals surface area contributed by atoms with Crippen LogP contribution in [0.1, 0.15) is 31.4 Å². The first kappa shape index (κ1) is 15.9. The lowest BCUT2D eigenvalue weighted by Crippen LogP contribution is -2.27. The molecule has 0 aromatic carbocycles. The van der Waals surface area contributed by atoms with Crippen LogP contribution in [0, 0.1) is 0 Å². The molecule has 21 heavy (non-hydrogen) atoms. The van der Waals surface area contributed by atoms with Gasteiger partial charge in [-0.2, -0.15) is 18.3 Å². The van der Waals surface area contributed by atoms with E-state index >= 15 is 0 Å². The predicted molar refractivity (Wildman–Crippen MR) is 73.0 cm³/mol. The van der Waals surface area contributed by atoms with Crippen molar-refractivity contribution in [2.75, 3.05) is 0 Å². The van der Waals surface area contributed by atoms with Gasteiger partial charge in [0.2, 0.25) is 0 Å². The van der Waals surface area contributed by atoms with Crippen molar-refractivity contribution in [1.82, 2.24) is 9.78 Å². The molecule has 0 radical (unpaired) electrons. The van der Waals surface area contributed by atoms with E-state index < -0.39 is 22.9 Å². The minimum absolute atomic E-state index is 0.123. The van der Waals surface area contributed by atoms with Crippen LogP contribution in [-0.4, -0.2) is 20.4 Å². The lowest BCUT2D eigenvalue weighted by molar-refractivity contribution is -0.138. The Kier molecular flexibility index (Phi) is 4.05. The van der Waals surface area contributed by atoms with Crippen LogP contribution in [0.3, 0.4) is 0 Å². The molecule has 0 saturated carbocycles. The van der Waals surface area contributed by atoms with Crippen LogP contribution in [0.4, 0.5) is 13.2 Å². The summed E-state index contributed by atoms with van der Waals surface area (Å²) in [4.78, 5) is 17.0. The normalized spacial score (nSPS) is 17.5. The lowest BCUT2D eigenvalue weighted by atomic mass is 10.1. The summed E-state index contributed by atoms with van der Waals surface area (Å²) < 4.78 is 39.7. The summed E-state index contributed by atoms with van der Waals surface area (Å²) in [5, 5.41) is 7.83. The maximum Gasteiger partial charge on any atom is 0.418 e. The Hall–Kier alpha value is -1.51. The molecule has 2 heterocycles. The van der Waals surface area contributed by atoms with Crippen molar-refractivity contribution >= 4 is 16.8 Å². The Bertz CT molecular complexity index is 638. The van der Waals surface area contributed by atoms with Gasteiger partial charge in [0.15, 0.2) is 0 Å². The monoisotopic (exact) mass is 321 g/mol. The highest BCUT2D eigenvalue weighted by Gasteiger charge is 2.36. The predicted octanol–water partition coefficient (Wildman–Crippen LogP) is 2.54. The van der Waals surface area contributed by atoms with Crippen molar-refractivity contribution in [3.8, 4) is 0 Å². The van der Waals surface area contributed by atoms with E-state index in [2.05, 4.69) is 10.3 Å². The van der Waals surface area contributed by atoms with Crippen molar-refractivity contribution in [1.29, 1.82) is 0 Å². The fraction of sp³-hybridized carbons (Fsp3) is 0.583. The third-order valence-corrected chi connectivity index (χ3v) is 3.88. The van der Waals surface area contributed by atoms with Gasteiger partial charge in [-0.15, -0.1) is 11.8 Å². The van der Waals surface area contributed by atoms with E-state index in [0.717, 1.165) is 16.4 Å². The van der Waals surface area contributed by atoms with Crippen LogP contribution in [-0.2, 0) is 23.8 Å². The standard InChI is InChI=1S/C12H14F3N3O2S/c1-11(2)4-9(17-20-11)21-6-7-8(12(13,14)15)5-16-18(3)10(7)19/h5H,4,6H2,1-3H3. The van der Waals surface area contributed by atoms with Gasteiger partial charge >= 0.3 is 6.18 Å². The van der Waals surface area contributed by atoms with Gasteiger partial charge in [0.1, 0.15) is 10.6 Å². The van der Waals surface area contributed by atoms with E-state index in [9.17, 15) is 18.0 Å². The number of aryl methyl sites for hydroxylation is 1. The summed E-state index contributed by atoms with van der Waals surface area (Å²) in [5.74, 6) is -0.123. The zero-order valence-corrected chi connectivity index (χ0v) is 12.5. The molecule has 5 nitrogen and oxygen atoms in total. The van der Waals surface area contributed by atoms with Crippen molar-refractivity contribution in [3.05, 3.63) is 27.7 Å². The molecule has 0 aliphatic carbocycles. The molecule has 0 atom stereocenters.